The van der Waals surface area contributed by atoms with Gasteiger partial charge in [0.15, 0.2) is 0 Å². The molecule has 49 heavy (non-hydrogen) atoms. The van der Waals surface area contributed by atoms with Crippen LogP contribution in [0, 0.1) is 19.3 Å². The van der Waals surface area contributed by atoms with Gasteiger partial charge < -0.3 is 23.4 Å². The fourth-order valence-electron chi connectivity index (χ4n) is 5.20. The van der Waals surface area contributed by atoms with E-state index in [2.05, 4.69) is 163 Å². The third-order valence-corrected chi connectivity index (χ3v) is 9.80. The van der Waals surface area contributed by atoms with E-state index >= 15 is 0 Å². The van der Waals surface area contributed by atoms with Crippen molar-refractivity contribution in [1.29, 1.82) is 0 Å². The summed E-state index contributed by atoms with van der Waals surface area (Å²) in [6, 6.07) is 9.07. The average molecular weight is 719 g/mol. The van der Waals surface area contributed by atoms with Crippen LogP contribution in [0.4, 0.5) is 0 Å². The van der Waals surface area contributed by atoms with Crippen molar-refractivity contribution in [3.8, 4) is 11.5 Å². The van der Waals surface area contributed by atoms with Crippen LogP contribution in [-0.4, -0.2) is 23.0 Å². The summed E-state index contributed by atoms with van der Waals surface area (Å²) in [6.07, 6.45) is 0. The lowest BCUT2D eigenvalue weighted by molar-refractivity contribution is 0.131. The summed E-state index contributed by atoms with van der Waals surface area (Å²) in [5.74, 6) is 1.51. The Balaban J connectivity index is 2.97. The van der Waals surface area contributed by atoms with Gasteiger partial charge in [-0.25, -0.2) is 0 Å². The molecule has 0 aliphatic carbocycles. The summed E-state index contributed by atoms with van der Waals surface area (Å²) in [5, 5.41) is 0. The SMILES string of the molecule is [CH2]C([CH2])(COP(O)O)COP(Oc1c(C(C)(C)C)cc(C(C)(C)C)cc1C(C)(C)C)Oc1c(C(C)(C)C)cc(C(C)(C)C)cc1C(C)(C)C. The lowest BCUT2D eigenvalue weighted by atomic mass is 9.75. The quantitative estimate of drug-likeness (QED) is 0.238. The van der Waals surface area contributed by atoms with Crippen LogP contribution in [0.1, 0.15) is 158 Å². The maximum atomic E-state index is 9.43. The maximum absolute atomic E-state index is 9.43. The van der Waals surface area contributed by atoms with E-state index in [0.717, 1.165) is 33.8 Å². The molecule has 0 saturated carbocycles. The molecule has 2 N–H and O–H groups in total. The van der Waals surface area contributed by atoms with E-state index in [1.165, 1.54) is 11.1 Å². The summed E-state index contributed by atoms with van der Waals surface area (Å²) in [6.45, 7) is 48.0. The summed E-state index contributed by atoms with van der Waals surface area (Å²) in [5.41, 5.74) is 4.55. The van der Waals surface area contributed by atoms with Crippen molar-refractivity contribution in [2.24, 2.45) is 5.41 Å². The van der Waals surface area contributed by atoms with Crippen LogP contribution in [0.15, 0.2) is 24.3 Å². The monoisotopic (exact) mass is 718 g/mol. The Hall–Kier alpha value is -1.26. The highest BCUT2D eigenvalue weighted by Gasteiger charge is 2.37. The molecule has 0 aromatic heterocycles. The molecule has 2 rings (SSSR count). The van der Waals surface area contributed by atoms with E-state index in [1.807, 2.05) is 0 Å². The van der Waals surface area contributed by atoms with Gasteiger partial charge in [0.1, 0.15) is 11.5 Å². The molecule has 0 heterocycles. The highest BCUT2D eigenvalue weighted by Crippen LogP contribution is 2.53. The fourth-order valence-corrected chi connectivity index (χ4v) is 6.80. The zero-order chi connectivity index (χ0) is 38.3. The molecule has 0 unspecified atom stereocenters. The minimum atomic E-state index is -2.56. The van der Waals surface area contributed by atoms with Crippen LogP contribution in [-0.2, 0) is 41.5 Å². The van der Waals surface area contributed by atoms with E-state index in [0.29, 0.717) is 0 Å². The zero-order valence-corrected chi connectivity index (χ0v) is 35.8. The molecule has 2 radical (unpaired) electrons. The van der Waals surface area contributed by atoms with Crippen molar-refractivity contribution in [3.05, 3.63) is 71.5 Å². The molecule has 0 fully saturated rings. The summed E-state index contributed by atoms with van der Waals surface area (Å²) >= 11 is 0. The van der Waals surface area contributed by atoms with Crippen molar-refractivity contribution < 1.29 is 27.9 Å². The number of hydrogen-bond acceptors (Lipinski definition) is 6. The van der Waals surface area contributed by atoms with Crippen molar-refractivity contribution in [1.82, 2.24) is 0 Å². The Bertz CT molecular complexity index is 1250. The average Bonchev–Trinajstić information content (AvgIpc) is 2.87. The Morgan fingerprint density at radius 2 is 0.735 bits per heavy atom. The molecule has 6 nitrogen and oxygen atoms in total. The molecule has 0 amide bonds. The molecule has 2 aromatic carbocycles. The molecule has 0 atom stereocenters. The van der Waals surface area contributed by atoms with Gasteiger partial charge in [-0.05, 0) is 57.5 Å². The van der Waals surface area contributed by atoms with Crippen molar-refractivity contribution in [2.45, 2.75) is 157 Å². The minimum Gasteiger partial charge on any atom is -0.417 e. The van der Waals surface area contributed by atoms with Crippen LogP contribution < -0.4 is 9.05 Å². The third kappa shape index (κ3) is 12.4. The van der Waals surface area contributed by atoms with Crippen molar-refractivity contribution >= 4 is 17.2 Å². The topological polar surface area (TPSA) is 77.4 Å². The van der Waals surface area contributed by atoms with Gasteiger partial charge in [-0.3, -0.25) is 4.52 Å². The second kappa shape index (κ2) is 15.0. The number of hydrogen-bond donors (Lipinski definition) is 2. The van der Waals surface area contributed by atoms with E-state index in [4.69, 9.17) is 18.1 Å². The first kappa shape index (κ1) is 43.9. The fraction of sp³-hybridized carbons (Fsp3) is 0.659. The van der Waals surface area contributed by atoms with Gasteiger partial charge >= 0.3 is 17.2 Å². The molecule has 0 spiro atoms. The van der Waals surface area contributed by atoms with E-state index in [1.54, 1.807) is 0 Å². The van der Waals surface area contributed by atoms with Crippen molar-refractivity contribution in [3.63, 3.8) is 0 Å². The molecule has 8 heteroatoms. The van der Waals surface area contributed by atoms with E-state index in [9.17, 15) is 9.79 Å². The Kier molecular flexibility index (Phi) is 13.4. The van der Waals surface area contributed by atoms with Gasteiger partial charge in [0.25, 0.3) is 0 Å². The second-order valence-electron chi connectivity index (χ2n) is 20.0. The van der Waals surface area contributed by atoms with Crippen molar-refractivity contribution in [2.75, 3.05) is 13.2 Å². The summed E-state index contributed by atoms with van der Waals surface area (Å²) < 4.78 is 25.9. The predicted molar refractivity (Wildman–Crippen MR) is 210 cm³/mol. The lowest BCUT2D eigenvalue weighted by Crippen LogP contribution is -2.27. The van der Waals surface area contributed by atoms with Crippen LogP contribution in [0.25, 0.3) is 0 Å². The highest BCUT2D eigenvalue weighted by molar-refractivity contribution is 7.42. The maximum Gasteiger partial charge on any atom is 0.463 e. The smallest absolute Gasteiger partial charge is 0.417 e. The van der Waals surface area contributed by atoms with Gasteiger partial charge in [-0.15, -0.1) is 0 Å². The first-order valence-electron chi connectivity index (χ1n) is 17.3. The van der Waals surface area contributed by atoms with Gasteiger partial charge in [0.2, 0.25) is 0 Å². The molecule has 278 valence electrons. The molecular formula is C41H68O6P2. The predicted octanol–water partition coefficient (Wildman–Crippen LogP) is 12.1. The molecule has 0 aliphatic rings. The molecule has 0 aliphatic heterocycles. The molecule has 0 bridgehead atoms. The van der Waals surface area contributed by atoms with Gasteiger partial charge in [0, 0.05) is 27.7 Å². The van der Waals surface area contributed by atoms with Gasteiger partial charge in [-0.1, -0.05) is 149 Å². The standard InChI is InChI=1S/C41H68O6P2/c1-35(2,3)27-21-29(37(7,8)9)33(30(22-27)38(10,11)12)46-49(45-26-41(19,20)25-44-48(42)43)47-34-31(39(13,14)15)23-28(36(4,5)6)24-32(34)40(16,17)18/h21-24,42-43H,19-20,25-26H2,1-18H3. The Labute approximate surface area is 303 Å². The third-order valence-electron chi connectivity index (χ3n) is 8.44. The van der Waals surface area contributed by atoms with Crippen LogP contribution in [0.5, 0.6) is 11.5 Å². The first-order chi connectivity index (χ1) is 21.6. The highest BCUT2D eigenvalue weighted by atomic mass is 31.2. The Morgan fingerprint density at radius 3 is 0.959 bits per heavy atom. The van der Waals surface area contributed by atoms with Crippen LogP contribution in [0.3, 0.4) is 0 Å². The summed E-state index contributed by atoms with van der Waals surface area (Å²) in [7, 11) is -4.65. The normalized spacial score (nSPS) is 14.2. The zero-order valence-electron chi connectivity index (χ0n) is 34.1. The largest absolute Gasteiger partial charge is 0.463 e. The Morgan fingerprint density at radius 1 is 0.469 bits per heavy atom. The van der Waals surface area contributed by atoms with Crippen LogP contribution in [0.2, 0.25) is 0 Å². The molecular weight excluding hydrogens is 650 g/mol. The van der Waals surface area contributed by atoms with E-state index in [-0.39, 0.29) is 45.7 Å². The lowest BCUT2D eigenvalue weighted by Gasteiger charge is -2.36. The summed E-state index contributed by atoms with van der Waals surface area (Å²) in [4.78, 5) is 18.9. The number of rotatable bonds is 10. The van der Waals surface area contributed by atoms with E-state index < -0.39 is 22.6 Å². The van der Waals surface area contributed by atoms with Gasteiger partial charge in [0.05, 0.1) is 13.2 Å². The second-order valence-corrected chi connectivity index (χ2v) is 21.8. The first-order valence-corrected chi connectivity index (χ1v) is 19.6. The molecule has 0 saturated heterocycles. The molecule has 2 aromatic rings. The van der Waals surface area contributed by atoms with Gasteiger partial charge in [-0.2, -0.15) is 0 Å². The number of benzene rings is 2. The minimum absolute atomic E-state index is 0.00652. The van der Waals surface area contributed by atoms with Crippen LogP contribution >= 0.6 is 17.2 Å².